The first-order chi connectivity index (χ1) is 12.1. The van der Waals surface area contributed by atoms with Crippen LogP contribution in [0.25, 0.3) is 0 Å². The van der Waals surface area contributed by atoms with Crippen molar-refractivity contribution in [2.45, 2.75) is 6.92 Å². The quantitative estimate of drug-likeness (QED) is 0.925. The maximum absolute atomic E-state index is 9.47. The fraction of sp³-hybridized carbons (Fsp3) is 0.368. The van der Waals surface area contributed by atoms with Crippen molar-refractivity contribution >= 4 is 17.3 Å². The minimum absolute atomic E-state index is 0.547. The third-order valence-corrected chi connectivity index (χ3v) is 4.46. The Morgan fingerprint density at radius 2 is 1.84 bits per heavy atom. The van der Waals surface area contributed by atoms with Gasteiger partial charge in [0.2, 0.25) is 0 Å². The van der Waals surface area contributed by atoms with Gasteiger partial charge in [-0.1, -0.05) is 0 Å². The van der Waals surface area contributed by atoms with Crippen LogP contribution >= 0.6 is 0 Å². The summed E-state index contributed by atoms with van der Waals surface area (Å²) in [7, 11) is 3.77. The third kappa shape index (κ3) is 3.83. The smallest absolute Gasteiger partial charge is 0.150 e. The molecule has 1 saturated heterocycles. The fourth-order valence-corrected chi connectivity index (χ4v) is 2.93. The molecule has 6 nitrogen and oxygen atoms in total. The molecule has 2 heterocycles. The van der Waals surface area contributed by atoms with Crippen LogP contribution in [0, 0.1) is 18.3 Å². The lowest BCUT2D eigenvalue weighted by molar-refractivity contribution is 0.312. The van der Waals surface area contributed by atoms with Gasteiger partial charge in [0.05, 0.1) is 12.7 Å². The number of likely N-dealkylation sites (N-methyl/N-ethyl adjacent to an activating group) is 1. The van der Waals surface area contributed by atoms with Crippen LogP contribution in [-0.4, -0.2) is 50.2 Å². The number of ether oxygens (including phenoxy) is 1. The summed E-state index contributed by atoms with van der Waals surface area (Å²) < 4.78 is 5.18. The number of hydrogen-bond acceptors (Lipinski definition) is 6. The van der Waals surface area contributed by atoms with E-state index in [4.69, 9.17) is 9.72 Å². The summed E-state index contributed by atoms with van der Waals surface area (Å²) in [4.78, 5) is 9.37. The normalized spacial score (nSPS) is 14.9. The molecule has 1 aromatic heterocycles. The number of nitrogens with zero attached hydrogens (tertiary/aromatic N) is 4. The van der Waals surface area contributed by atoms with Crippen LogP contribution in [0.5, 0.6) is 5.75 Å². The minimum Gasteiger partial charge on any atom is -0.497 e. The molecule has 0 atom stereocenters. The number of hydrogen-bond donors (Lipinski definition) is 1. The second kappa shape index (κ2) is 7.41. The number of nitriles is 1. The predicted molar refractivity (Wildman–Crippen MR) is 99.7 cm³/mol. The van der Waals surface area contributed by atoms with Crippen LogP contribution in [-0.2, 0) is 0 Å². The van der Waals surface area contributed by atoms with Gasteiger partial charge in [0, 0.05) is 31.9 Å². The monoisotopic (exact) mass is 337 g/mol. The Labute approximate surface area is 148 Å². The molecule has 0 unspecified atom stereocenters. The summed E-state index contributed by atoms with van der Waals surface area (Å²) in [5, 5.41) is 12.7. The molecule has 0 aliphatic carbocycles. The van der Waals surface area contributed by atoms with Crippen LogP contribution in [0.3, 0.4) is 0 Å². The lowest BCUT2D eigenvalue weighted by atomic mass is 10.1. The van der Waals surface area contributed by atoms with Gasteiger partial charge in [-0.3, -0.25) is 0 Å². The highest BCUT2D eigenvalue weighted by molar-refractivity contribution is 5.67. The van der Waals surface area contributed by atoms with E-state index < -0.39 is 0 Å². The van der Waals surface area contributed by atoms with Gasteiger partial charge in [-0.25, -0.2) is 4.98 Å². The first-order valence-corrected chi connectivity index (χ1v) is 8.37. The van der Waals surface area contributed by atoms with E-state index in [1.807, 2.05) is 37.3 Å². The number of rotatable bonds is 4. The van der Waals surface area contributed by atoms with Gasteiger partial charge in [0.15, 0.2) is 5.82 Å². The van der Waals surface area contributed by atoms with Crippen molar-refractivity contribution in [3.63, 3.8) is 0 Å². The summed E-state index contributed by atoms with van der Waals surface area (Å²) in [6.45, 7) is 5.93. The summed E-state index contributed by atoms with van der Waals surface area (Å²) in [5.74, 6) is 2.33. The Balaban J connectivity index is 1.89. The van der Waals surface area contributed by atoms with Gasteiger partial charge in [0.25, 0.3) is 0 Å². The summed E-state index contributed by atoms with van der Waals surface area (Å²) in [6, 6.07) is 11.7. The predicted octanol–water partition coefficient (Wildman–Crippen LogP) is 2.77. The molecule has 1 fully saturated rings. The van der Waals surface area contributed by atoms with Crippen molar-refractivity contribution < 1.29 is 4.74 Å². The molecule has 0 bridgehead atoms. The van der Waals surface area contributed by atoms with Crippen molar-refractivity contribution in [1.29, 1.82) is 5.26 Å². The number of piperazine rings is 1. The number of nitrogens with one attached hydrogen (secondary N) is 1. The van der Waals surface area contributed by atoms with Crippen LogP contribution in [0.1, 0.15) is 11.1 Å². The Morgan fingerprint density at radius 1 is 1.16 bits per heavy atom. The fourth-order valence-electron chi connectivity index (χ4n) is 2.93. The standard InChI is InChI=1S/C19H23N5O/c1-14-12-15(13-20)18(21-16-4-6-17(25-3)7-5-16)22-19(14)24-10-8-23(2)9-11-24/h4-7,12H,8-11H2,1-3H3,(H,21,22). The highest BCUT2D eigenvalue weighted by atomic mass is 16.5. The second-order valence-corrected chi connectivity index (χ2v) is 6.28. The van der Waals surface area contributed by atoms with Gasteiger partial charge in [0.1, 0.15) is 17.6 Å². The van der Waals surface area contributed by atoms with Crippen molar-refractivity contribution in [2.24, 2.45) is 0 Å². The van der Waals surface area contributed by atoms with Gasteiger partial charge in [-0.15, -0.1) is 0 Å². The molecule has 2 aromatic rings. The average molecular weight is 337 g/mol. The highest BCUT2D eigenvalue weighted by Crippen LogP contribution is 2.27. The van der Waals surface area contributed by atoms with Gasteiger partial charge in [-0.2, -0.15) is 5.26 Å². The number of anilines is 3. The largest absolute Gasteiger partial charge is 0.497 e. The molecule has 1 aliphatic rings. The molecule has 6 heteroatoms. The topological polar surface area (TPSA) is 64.4 Å². The molecule has 0 saturated carbocycles. The molecule has 25 heavy (non-hydrogen) atoms. The minimum atomic E-state index is 0.547. The SMILES string of the molecule is COc1ccc(Nc2nc(N3CCN(C)CC3)c(C)cc2C#N)cc1. The maximum Gasteiger partial charge on any atom is 0.150 e. The van der Waals surface area contributed by atoms with E-state index in [-0.39, 0.29) is 0 Å². The zero-order valence-electron chi connectivity index (χ0n) is 14.9. The molecular formula is C19H23N5O. The Kier molecular flexibility index (Phi) is 5.05. The molecule has 0 radical (unpaired) electrons. The Hall–Kier alpha value is -2.78. The number of pyridine rings is 1. The zero-order chi connectivity index (χ0) is 17.8. The zero-order valence-corrected chi connectivity index (χ0v) is 14.9. The van der Waals surface area contributed by atoms with E-state index in [2.05, 4.69) is 28.2 Å². The van der Waals surface area contributed by atoms with E-state index in [1.165, 1.54) is 0 Å². The van der Waals surface area contributed by atoms with E-state index in [0.29, 0.717) is 11.4 Å². The number of benzene rings is 1. The average Bonchev–Trinajstić information content (AvgIpc) is 2.64. The summed E-state index contributed by atoms with van der Waals surface area (Å²) in [5.41, 5.74) is 2.45. The number of aryl methyl sites for hydroxylation is 1. The van der Waals surface area contributed by atoms with Gasteiger partial charge >= 0.3 is 0 Å². The lowest BCUT2D eigenvalue weighted by Gasteiger charge is -2.34. The molecule has 3 rings (SSSR count). The van der Waals surface area contributed by atoms with Gasteiger partial charge < -0.3 is 19.9 Å². The number of aromatic nitrogens is 1. The molecule has 130 valence electrons. The Morgan fingerprint density at radius 3 is 2.44 bits per heavy atom. The third-order valence-electron chi connectivity index (χ3n) is 4.46. The molecule has 0 spiro atoms. The van der Waals surface area contributed by atoms with Crippen LogP contribution in [0.2, 0.25) is 0 Å². The lowest BCUT2D eigenvalue weighted by Crippen LogP contribution is -2.45. The second-order valence-electron chi connectivity index (χ2n) is 6.28. The van der Waals surface area contributed by atoms with Crippen molar-refractivity contribution in [3.05, 3.63) is 41.5 Å². The van der Waals surface area contributed by atoms with Crippen molar-refractivity contribution in [2.75, 3.05) is 50.6 Å². The maximum atomic E-state index is 9.47. The Bertz CT molecular complexity index is 774. The van der Waals surface area contributed by atoms with E-state index in [9.17, 15) is 5.26 Å². The van der Waals surface area contributed by atoms with E-state index in [0.717, 1.165) is 49.0 Å². The number of methoxy groups -OCH3 is 1. The van der Waals surface area contributed by atoms with Gasteiger partial charge in [-0.05, 0) is 49.9 Å². The molecule has 1 aliphatic heterocycles. The van der Waals surface area contributed by atoms with Crippen LogP contribution < -0.4 is 15.0 Å². The molecule has 1 aromatic carbocycles. The van der Waals surface area contributed by atoms with Crippen molar-refractivity contribution in [3.8, 4) is 11.8 Å². The highest BCUT2D eigenvalue weighted by Gasteiger charge is 2.19. The molecule has 0 amide bonds. The molecule has 1 N–H and O–H groups in total. The van der Waals surface area contributed by atoms with Crippen LogP contribution in [0.4, 0.5) is 17.3 Å². The van der Waals surface area contributed by atoms with Crippen LogP contribution in [0.15, 0.2) is 30.3 Å². The summed E-state index contributed by atoms with van der Waals surface area (Å²) in [6.07, 6.45) is 0. The van der Waals surface area contributed by atoms with Crippen molar-refractivity contribution in [1.82, 2.24) is 9.88 Å². The molecular weight excluding hydrogens is 314 g/mol. The first-order valence-electron chi connectivity index (χ1n) is 8.37. The van der Waals surface area contributed by atoms with E-state index in [1.54, 1.807) is 7.11 Å². The van der Waals surface area contributed by atoms with E-state index >= 15 is 0 Å². The first kappa shape index (κ1) is 17.1. The summed E-state index contributed by atoms with van der Waals surface area (Å²) >= 11 is 0.